The van der Waals surface area contributed by atoms with Gasteiger partial charge in [0.15, 0.2) is 0 Å². The smallest absolute Gasteiger partial charge is 0.311 e. The largest absolute Gasteiger partial charge is 0.481 e. The number of carbonyl (C=O) groups is 1. The summed E-state index contributed by atoms with van der Waals surface area (Å²) in [6.07, 6.45) is 8.84. The van der Waals surface area contributed by atoms with Crippen molar-refractivity contribution < 1.29 is 9.90 Å². The SMILES string of the molecule is CCCCCCCCCC(C(=O)O)c1cccc(Cl)c1N. The molecule has 0 fully saturated rings. The van der Waals surface area contributed by atoms with Crippen LogP contribution in [0.1, 0.15) is 69.8 Å². The predicted octanol–water partition coefficient (Wildman–Crippen LogP) is 5.23. The van der Waals surface area contributed by atoms with Crippen LogP contribution in [0, 0.1) is 0 Å². The van der Waals surface area contributed by atoms with Crippen molar-refractivity contribution in [2.45, 2.75) is 64.2 Å². The lowest BCUT2D eigenvalue weighted by atomic mass is 9.91. The molecule has 3 nitrogen and oxygen atoms in total. The summed E-state index contributed by atoms with van der Waals surface area (Å²) < 4.78 is 0. The van der Waals surface area contributed by atoms with Crippen molar-refractivity contribution >= 4 is 23.3 Å². The molecule has 1 aromatic carbocycles. The Hall–Kier alpha value is -1.22. The van der Waals surface area contributed by atoms with Crippen LogP contribution in [0.25, 0.3) is 0 Å². The van der Waals surface area contributed by atoms with Crippen LogP contribution in [0.5, 0.6) is 0 Å². The first kappa shape index (κ1) is 17.8. The monoisotopic (exact) mass is 311 g/mol. The van der Waals surface area contributed by atoms with Gasteiger partial charge in [0.25, 0.3) is 0 Å². The molecule has 21 heavy (non-hydrogen) atoms. The number of hydrogen-bond donors (Lipinski definition) is 2. The Morgan fingerprint density at radius 1 is 1.19 bits per heavy atom. The third-order valence-corrected chi connectivity index (χ3v) is 4.19. The van der Waals surface area contributed by atoms with Crippen LogP contribution in [0.4, 0.5) is 5.69 Å². The van der Waals surface area contributed by atoms with E-state index >= 15 is 0 Å². The van der Waals surface area contributed by atoms with E-state index in [9.17, 15) is 9.90 Å². The van der Waals surface area contributed by atoms with Gasteiger partial charge in [0, 0.05) is 0 Å². The second-order valence-electron chi connectivity index (χ2n) is 5.54. The molecule has 0 aromatic heterocycles. The molecule has 0 saturated carbocycles. The van der Waals surface area contributed by atoms with E-state index in [0.717, 1.165) is 12.8 Å². The molecular weight excluding hydrogens is 286 g/mol. The van der Waals surface area contributed by atoms with Crippen LogP contribution in [0.15, 0.2) is 18.2 Å². The Morgan fingerprint density at radius 2 is 1.81 bits per heavy atom. The number of aliphatic carboxylic acids is 1. The Balaban J connectivity index is 2.48. The fraction of sp³-hybridized carbons (Fsp3) is 0.588. The van der Waals surface area contributed by atoms with E-state index in [1.807, 2.05) is 0 Å². The molecule has 0 saturated heterocycles. The van der Waals surface area contributed by atoms with E-state index in [-0.39, 0.29) is 0 Å². The first-order valence-corrected chi connectivity index (χ1v) is 8.22. The van der Waals surface area contributed by atoms with Crippen LogP contribution in [0.2, 0.25) is 5.02 Å². The van der Waals surface area contributed by atoms with Gasteiger partial charge in [-0.1, -0.05) is 75.6 Å². The van der Waals surface area contributed by atoms with E-state index in [1.54, 1.807) is 18.2 Å². The molecule has 0 spiro atoms. The molecule has 0 aliphatic carbocycles. The molecule has 0 heterocycles. The zero-order chi connectivity index (χ0) is 15.7. The summed E-state index contributed by atoms with van der Waals surface area (Å²) in [5.41, 5.74) is 6.95. The summed E-state index contributed by atoms with van der Waals surface area (Å²) >= 11 is 5.98. The molecule has 3 N–H and O–H groups in total. The Bertz CT molecular complexity index is 448. The van der Waals surface area contributed by atoms with Crippen LogP contribution in [-0.2, 0) is 4.79 Å². The van der Waals surface area contributed by atoms with Crippen molar-refractivity contribution in [1.82, 2.24) is 0 Å². The van der Waals surface area contributed by atoms with Crippen molar-refractivity contribution in [3.8, 4) is 0 Å². The van der Waals surface area contributed by atoms with Gasteiger partial charge in [-0.3, -0.25) is 4.79 Å². The van der Waals surface area contributed by atoms with Gasteiger partial charge in [-0.15, -0.1) is 0 Å². The van der Waals surface area contributed by atoms with Gasteiger partial charge in [0.1, 0.15) is 0 Å². The van der Waals surface area contributed by atoms with E-state index in [2.05, 4.69) is 6.92 Å². The summed E-state index contributed by atoms with van der Waals surface area (Å²) in [6, 6.07) is 5.21. The summed E-state index contributed by atoms with van der Waals surface area (Å²) in [5, 5.41) is 9.85. The van der Waals surface area contributed by atoms with Crippen molar-refractivity contribution in [3.05, 3.63) is 28.8 Å². The summed E-state index contributed by atoms with van der Waals surface area (Å²) in [4.78, 5) is 11.5. The van der Waals surface area contributed by atoms with Crippen LogP contribution in [-0.4, -0.2) is 11.1 Å². The highest BCUT2D eigenvalue weighted by molar-refractivity contribution is 6.33. The van der Waals surface area contributed by atoms with E-state index in [0.29, 0.717) is 22.7 Å². The highest BCUT2D eigenvalue weighted by Crippen LogP contribution is 2.32. The summed E-state index contributed by atoms with van der Waals surface area (Å²) in [5.74, 6) is -1.38. The van der Waals surface area contributed by atoms with Gasteiger partial charge in [-0.25, -0.2) is 0 Å². The minimum atomic E-state index is -0.824. The highest BCUT2D eigenvalue weighted by atomic mass is 35.5. The molecule has 0 radical (unpaired) electrons. The number of benzene rings is 1. The second kappa shape index (κ2) is 9.67. The Labute approximate surface area is 132 Å². The Morgan fingerprint density at radius 3 is 2.43 bits per heavy atom. The molecule has 0 aliphatic rings. The van der Waals surface area contributed by atoms with Crippen molar-refractivity contribution in [2.24, 2.45) is 0 Å². The summed E-state index contributed by atoms with van der Waals surface area (Å²) in [7, 11) is 0. The number of halogens is 1. The minimum Gasteiger partial charge on any atom is -0.481 e. The minimum absolute atomic E-state index is 0.398. The van der Waals surface area contributed by atoms with Gasteiger partial charge in [-0.2, -0.15) is 0 Å². The third-order valence-electron chi connectivity index (χ3n) is 3.86. The number of nitrogens with two attached hydrogens (primary N) is 1. The van der Waals surface area contributed by atoms with Gasteiger partial charge in [0.05, 0.1) is 16.6 Å². The molecule has 4 heteroatoms. The zero-order valence-electron chi connectivity index (χ0n) is 12.8. The van der Waals surface area contributed by atoms with Gasteiger partial charge >= 0.3 is 5.97 Å². The number of unbranched alkanes of at least 4 members (excludes halogenated alkanes) is 6. The predicted molar refractivity (Wildman–Crippen MR) is 88.9 cm³/mol. The maximum atomic E-state index is 11.5. The number of carboxylic acid groups (broad SMARTS) is 1. The first-order chi connectivity index (χ1) is 10.1. The van der Waals surface area contributed by atoms with Crippen LogP contribution >= 0.6 is 11.6 Å². The fourth-order valence-corrected chi connectivity index (χ4v) is 2.76. The Kier molecular flexibility index (Phi) is 8.21. The first-order valence-electron chi connectivity index (χ1n) is 7.84. The van der Waals surface area contributed by atoms with Gasteiger partial charge in [-0.05, 0) is 18.1 Å². The fourth-order valence-electron chi connectivity index (χ4n) is 2.58. The van der Waals surface area contributed by atoms with Crippen molar-refractivity contribution in [2.75, 3.05) is 5.73 Å². The van der Waals surface area contributed by atoms with Crippen LogP contribution < -0.4 is 5.73 Å². The summed E-state index contributed by atoms with van der Waals surface area (Å²) in [6.45, 7) is 2.20. The topological polar surface area (TPSA) is 63.3 Å². The maximum Gasteiger partial charge on any atom is 0.311 e. The number of para-hydroxylation sites is 1. The molecule has 118 valence electrons. The third kappa shape index (κ3) is 5.96. The number of carboxylic acids is 1. The average molecular weight is 312 g/mol. The molecule has 1 unspecified atom stereocenters. The lowest BCUT2D eigenvalue weighted by molar-refractivity contribution is -0.139. The normalized spacial score (nSPS) is 12.3. The number of anilines is 1. The number of hydrogen-bond acceptors (Lipinski definition) is 2. The highest BCUT2D eigenvalue weighted by Gasteiger charge is 2.22. The lowest BCUT2D eigenvalue weighted by Gasteiger charge is -2.15. The van der Waals surface area contributed by atoms with E-state index in [4.69, 9.17) is 17.3 Å². The van der Waals surface area contributed by atoms with Gasteiger partial charge < -0.3 is 10.8 Å². The van der Waals surface area contributed by atoms with Crippen molar-refractivity contribution in [3.63, 3.8) is 0 Å². The second-order valence-corrected chi connectivity index (χ2v) is 5.95. The number of rotatable bonds is 10. The van der Waals surface area contributed by atoms with E-state index < -0.39 is 11.9 Å². The molecule has 0 amide bonds. The lowest BCUT2D eigenvalue weighted by Crippen LogP contribution is -2.13. The standard InChI is InChI=1S/C17H26ClNO2/c1-2-3-4-5-6-7-8-10-14(17(20)21)13-11-9-12-15(18)16(13)19/h9,11-12,14H,2-8,10,19H2,1H3,(H,20,21). The molecule has 1 aromatic rings. The molecule has 0 aliphatic heterocycles. The van der Waals surface area contributed by atoms with Crippen LogP contribution in [0.3, 0.4) is 0 Å². The maximum absolute atomic E-state index is 11.5. The molecule has 1 atom stereocenters. The molecule has 0 bridgehead atoms. The van der Waals surface area contributed by atoms with Crippen molar-refractivity contribution in [1.29, 1.82) is 0 Å². The molecular formula is C17H26ClNO2. The van der Waals surface area contributed by atoms with E-state index in [1.165, 1.54) is 32.1 Å². The number of nitrogen functional groups attached to an aromatic ring is 1. The van der Waals surface area contributed by atoms with Gasteiger partial charge in [0.2, 0.25) is 0 Å². The zero-order valence-corrected chi connectivity index (χ0v) is 13.5. The molecule has 1 rings (SSSR count). The average Bonchev–Trinajstić information content (AvgIpc) is 2.45. The quantitative estimate of drug-likeness (QED) is 0.459.